The molecule has 0 aliphatic carbocycles. The Morgan fingerprint density at radius 1 is 1.32 bits per heavy atom. The first-order chi connectivity index (χ1) is 10.7. The van der Waals surface area contributed by atoms with Gasteiger partial charge in [0.2, 0.25) is 0 Å². The Kier molecular flexibility index (Phi) is 5.74. The molecule has 1 aromatic heterocycles. The zero-order valence-electron chi connectivity index (χ0n) is 12.6. The summed E-state index contributed by atoms with van der Waals surface area (Å²) < 4.78 is 15.2. The summed E-state index contributed by atoms with van der Waals surface area (Å²) in [7, 11) is 2.25. The molecule has 1 aromatic carbocycles. The highest BCUT2D eigenvalue weighted by Gasteiger charge is 2.08. The first kappa shape index (κ1) is 16.3. The predicted molar refractivity (Wildman–Crippen MR) is 88.6 cm³/mol. The van der Waals surface area contributed by atoms with Gasteiger partial charge in [-0.05, 0) is 18.2 Å². The van der Waals surface area contributed by atoms with Crippen molar-refractivity contribution in [3.63, 3.8) is 0 Å². The van der Waals surface area contributed by atoms with Crippen molar-refractivity contribution in [1.82, 2.24) is 20.3 Å². The van der Waals surface area contributed by atoms with Crippen molar-refractivity contribution in [2.75, 3.05) is 20.6 Å². The lowest BCUT2D eigenvalue weighted by atomic mass is 10.2. The number of phenols is 1. The lowest BCUT2D eigenvalue weighted by Gasteiger charge is -2.08. The third kappa shape index (κ3) is 3.96. The molecule has 0 spiro atoms. The molecule has 0 saturated heterocycles. The van der Waals surface area contributed by atoms with Crippen LogP contribution in [0.5, 0.6) is 5.75 Å². The van der Waals surface area contributed by atoms with Crippen molar-refractivity contribution in [2.24, 2.45) is 0 Å². The van der Waals surface area contributed by atoms with E-state index in [4.69, 9.17) is 0 Å². The fourth-order valence-electron chi connectivity index (χ4n) is 2.01. The molecule has 118 valence electrons. The minimum Gasteiger partial charge on any atom is -0.506 e. The fourth-order valence-corrected chi connectivity index (χ4v) is 2.81. The maximum absolute atomic E-state index is 12.2. The molecule has 1 atom stereocenters. The van der Waals surface area contributed by atoms with Crippen LogP contribution in [0.15, 0.2) is 47.3 Å². The van der Waals surface area contributed by atoms with Crippen LogP contribution in [-0.2, 0) is 11.0 Å². The van der Waals surface area contributed by atoms with Crippen molar-refractivity contribution in [2.45, 2.75) is 11.4 Å². The van der Waals surface area contributed by atoms with Gasteiger partial charge in [-0.3, -0.25) is 0 Å². The quantitative estimate of drug-likeness (QED) is 0.616. The molecule has 0 radical (unpaired) electrons. The molecule has 1 heterocycles. The standard InChI is InChI=1S/C15H20N4O2S/c1-16-10-12(17-2)8-9-18-22(21)14-7-6-11-4-3-5-13(20)15(11)19-14/h3-7,10,16-18,20H,8-9H2,1-2H3/b12-10-. The Morgan fingerprint density at radius 3 is 2.86 bits per heavy atom. The number of rotatable bonds is 7. The third-order valence-electron chi connectivity index (χ3n) is 3.13. The Labute approximate surface area is 132 Å². The molecule has 0 fully saturated rings. The number of phenolic OH excluding ortho intramolecular Hbond substituents is 1. The second-order valence-electron chi connectivity index (χ2n) is 4.62. The molecule has 4 N–H and O–H groups in total. The highest BCUT2D eigenvalue weighted by Crippen LogP contribution is 2.22. The fraction of sp³-hybridized carbons (Fsp3) is 0.267. The Morgan fingerprint density at radius 2 is 2.14 bits per heavy atom. The number of aromatic hydroxyl groups is 1. The van der Waals surface area contributed by atoms with E-state index in [1.165, 1.54) is 0 Å². The molecular weight excluding hydrogens is 300 g/mol. The van der Waals surface area contributed by atoms with Crippen LogP contribution in [0.3, 0.4) is 0 Å². The topological polar surface area (TPSA) is 86.3 Å². The molecule has 0 aliphatic heterocycles. The summed E-state index contributed by atoms with van der Waals surface area (Å²) in [6.07, 6.45) is 2.57. The van der Waals surface area contributed by atoms with Crippen LogP contribution in [0.25, 0.3) is 10.9 Å². The molecule has 2 rings (SSSR count). The van der Waals surface area contributed by atoms with Crippen molar-refractivity contribution >= 4 is 21.9 Å². The molecule has 0 amide bonds. The van der Waals surface area contributed by atoms with E-state index in [1.807, 2.05) is 26.4 Å². The van der Waals surface area contributed by atoms with Crippen molar-refractivity contribution in [3.8, 4) is 5.75 Å². The molecule has 22 heavy (non-hydrogen) atoms. The number of fused-ring (bicyclic) bond motifs is 1. The number of benzene rings is 1. The van der Waals surface area contributed by atoms with E-state index in [0.29, 0.717) is 23.5 Å². The van der Waals surface area contributed by atoms with Crippen LogP contribution in [0.1, 0.15) is 6.42 Å². The zero-order valence-corrected chi connectivity index (χ0v) is 13.4. The van der Waals surface area contributed by atoms with E-state index in [-0.39, 0.29) is 5.75 Å². The highest BCUT2D eigenvalue weighted by molar-refractivity contribution is 7.83. The van der Waals surface area contributed by atoms with Crippen LogP contribution in [0.4, 0.5) is 0 Å². The van der Waals surface area contributed by atoms with Gasteiger partial charge in [0, 0.05) is 44.3 Å². The first-order valence-electron chi connectivity index (χ1n) is 6.93. The summed E-state index contributed by atoms with van der Waals surface area (Å²) in [5.41, 5.74) is 1.47. The van der Waals surface area contributed by atoms with Crippen LogP contribution in [0, 0.1) is 0 Å². The number of hydrogen-bond acceptors (Lipinski definition) is 5. The zero-order chi connectivity index (χ0) is 15.9. The summed E-state index contributed by atoms with van der Waals surface area (Å²) in [6, 6.07) is 8.67. The van der Waals surface area contributed by atoms with E-state index < -0.39 is 11.0 Å². The van der Waals surface area contributed by atoms with Crippen molar-refractivity contribution < 1.29 is 9.32 Å². The van der Waals surface area contributed by atoms with Gasteiger partial charge in [-0.15, -0.1) is 0 Å². The van der Waals surface area contributed by atoms with E-state index >= 15 is 0 Å². The van der Waals surface area contributed by atoms with Gasteiger partial charge in [0.25, 0.3) is 0 Å². The highest BCUT2D eigenvalue weighted by atomic mass is 32.2. The number of pyridine rings is 1. The summed E-state index contributed by atoms with van der Waals surface area (Å²) in [5, 5.41) is 17.0. The summed E-state index contributed by atoms with van der Waals surface area (Å²) >= 11 is 0. The maximum Gasteiger partial charge on any atom is 0.143 e. The molecule has 2 aromatic rings. The van der Waals surface area contributed by atoms with Crippen molar-refractivity contribution in [1.29, 1.82) is 0 Å². The third-order valence-corrected chi connectivity index (χ3v) is 4.20. The van der Waals surface area contributed by atoms with Gasteiger partial charge in [-0.1, -0.05) is 12.1 Å². The average Bonchev–Trinajstić information content (AvgIpc) is 2.54. The van der Waals surface area contributed by atoms with E-state index in [2.05, 4.69) is 20.3 Å². The SMILES string of the molecule is CN/C=C(/CCNS(=O)c1ccc2cccc(O)c2n1)NC. The summed E-state index contributed by atoms with van der Waals surface area (Å²) in [5.74, 6) is 0.0887. The van der Waals surface area contributed by atoms with Gasteiger partial charge >= 0.3 is 0 Å². The predicted octanol–water partition coefficient (Wildman–Crippen LogP) is 1.22. The molecule has 0 aliphatic rings. The van der Waals surface area contributed by atoms with E-state index in [9.17, 15) is 9.32 Å². The number of nitrogens with one attached hydrogen (secondary N) is 3. The summed E-state index contributed by atoms with van der Waals surface area (Å²) in [6.45, 7) is 0.543. The van der Waals surface area contributed by atoms with Gasteiger partial charge in [0.15, 0.2) is 0 Å². The lowest BCUT2D eigenvalue weighted by molar-refractivity contribution is 0.480. The lowest BCUT2D eigenvalue weighted by Crippen LogP contribution is -2.22. The van der Waals surface area contributed by atoms with Crippen molar-refractivity contribution in [3.05, 3.63) is 42.2 Å². The molecule has 0 saturated carbocycles. The smallest absolute Gasteiger partial charge is 0.143 e. The minimum atomic E-state index is -1.42. The number of nitrogens with zero attached hydrogens (tertiary/aromatic N) is 1. The number of para-hydroxylation sites is 1. The summed E-state index contributed by atoms with van der Waals surface area (Å²) in [4.78, 5) is 4.27. The molecular formula is C15H20N4O2S. The first-order valence-corrected chi connectivity index (χ1v) is 8.08. The number of hydrogen-bond donors (Lipinski definition) is 4. The largest absolute Gasteiger partial charge is 0.506 e. The van der Waals surface area contributed by atoms with Gasteiger partial charge in [0.1, 0.15) is 27.3 Å². The molecule has 0 bridgehead atoms. The molecule has 1 unspecified atom stereocenters. The van der Waals surface area contributed by atoms with E-state index in [1.54, 1.807) is 24.3 Å². The Hall–Kier alpha value is -2.12. The van der Waals surface area contributed by atoms with Gasteiger partial charge in [-0.2, -0.15) is 0 Å². The average molecular weight is 320 g/mol. The van der Waals surface area contributed by atoms with Gasteiger partial charge in [0.05, 0.1) is 0 Å². The van der Waals surface area contributed by atoms with Gasteiger partial charge < -0.3 is 15.7 Å². The molecule has 7 heteroatoms. The maximum atomic E-state index is 12.2. The van der Waals surface area contributed by atoms with Crippen LogP contribution in [0.2, 0.25) is 0 Å². The Bertz CT molecular complexity index is 703. The van der Waals surface area contributed by atoms with Gasteiger partial charge in [-0.25, -0.2) is 13.9 Å². The van der Waals surface area contributed by atoms with E-state index in [0.717, 1.165) is 11.1 Å². The monoisotopic (exact) mass is 320 g/mol. The second kappa shape index (κ2) is 7.77. The Balaban J connectivity index is 2.04. The van der Waals surface area contributed by atoms with Crippen LogP contribution < -0.4 is 15.4 Å². The molecule has 6 nitrogen and oxygen atoms in total. The number of aromatic nitrogens is 1. The second-order valence-corrected chi connectivity index (χ2v) is 5.86. The van der Waals surface area contributed by atoms with Crippen LogP contribution in [-0.4, -0.2) is 34.9 Å². The minimum absolute atomic E-state index is 0.0887. The normalized spacial score (nSPS) is 13.1. The van der Waals surface area contributed by atoms with Crippen LogP contribution >= 0.6 is 0 Å².